The van der Waals surface area contributed by atoms with Crippen LogP contribution in [0.4, 0.5) is 5.69 Å². The molecule has 0 saturated heterocycles. The summed E-state index contributed by atoms with van der Waals surface area (Å²) >= 11 is 6.25. The first kappa shape index (κ1) is 19.7. The highest BCUT2D eigenvalue weighted by Crippen LogP contribution is 2.28. The quantitative estimate of drug-likeness (QED) is 0.688. The van der Waals surface area contributed by atoms with Crippen molar-refractivity contribution in [2.24, 2.45) is 0 Å². The Morgan fingerprint density at radius 2 is 1.73 bits per heavy atom. The highest BCUT2D eigenvalue weighted by Gasteiger charge is 2.35. The third-order valence-electron chi connectivity index (χ3n) is 5.18. The minimum atomic E-state index is -0.700. The lowest BCUT2D eigenvalue weighted by Crippen LogP contribution is -2.50. The Balaban J connectivity index is 1.67. The number of nitrogens with zero attached hydrogens (tertiary/aromatic N) is 2. The van der Waals surface area contributed by atoms with Crippen LogP contribution in [-0.2, 0) is 17.8 Å². The molecular weight excluding hydrogens is 398 g/mol. The van der Waals surface area contributed by atoms with E-state index in [4.69, 9.17) is 16.9 Å². The lowest BCUT2D eigenvalue weighted by molar-refractivity contribution is -0.121. The highest BCUT2D eigenvalue weighted by molar-refractivity contribution is 6.33. The van der Waals surface area contributed by atoms with Gasteiger partial charge in [0.15, 0.2) is 0 Å². The average Bonchev–Trinajstić information content (AvgIpc) is 2.78. The molecule has 2 amide bonds. The predicted octanol–water partition coefficient (Wildman–Crippen LogP) is 4.42. The molecule has 0 radical (unpaired) electrons. The number of halogens is 1. The van der Waals surface area contributed by atoms with E-state index in [1.807, 2.05) is 24.3 Å². The van der Waals surface area contributed by atoms with E-state index in [1.165, 1.54) is 0 Å². The Morgan fingerprint density at radius 1 is 1.00 bits per heavy atom. The number of rotatable bonds is 3. The number of benzene rings is 3. The molecular formula is C24H18ClN3O2. The van der Waals surface area contributed by atoms with E-state index >= 15 is 0 Å². The van der Waals surface area contributed by atoms with Gasteiger partial charge in [-0.2, -0.15) is 5.26 Å². The molecule has 3 aromatic carbocycles. The van der Waals surface area contributed by atoms with Crippen LogP contribution in [0.2, 0.25) is 5.02 Å². The van der Waals surface area contributed by atoms with Crippen molar-refractivity contribution < 1.29 is 9.59 Å². The summed E-state index contributed by atoms with van der Waals surface area (Å²) in [5.41, 5.74) is 3.37. The number of amides is 2. The molecule has 1 aliphatic rings. The Kier molecular flexibility index (Phi) is 5.51. The molecule has 0 fully saturated rings. The van der Waals surface area contributed by atoms with Gasteiger partial charge in [-0.05, 0) is 41.5 Å². The third kappa shape index (κ3) is 3.91. The van der Waals surface area contributed by atoms with E-state index in [0.717, 1.165) is 11.1 Å². The second kappa shape index (κ2) is 8.40. The van der Waals surface area contributed by atoms with E-state index in [9.17, 15) is 9.59 Å². The first-order valence-electron chi connectivity index (χ1n) is 9.50. The fraction of sp³-hybridized carbons (Fsp3) is 0.125. The molecule has 148 valence electrons. The van der Waals surface area contributed by atoms with Crippen molar-refractivity contribution in [1.82, 2.24) is 4.90 Å². The third-order valence-corrected chi connectivity index (χ3v) is 5.51. The Labute approximate surface area is 179 Å². The Hall–Kier alpha value is -3.62. The first-order chi connectivity index (χ1) is 14.6. The Morgan fingerprint density at radius 3 is 2.50 bits per heavy atom. The van der Waals surface area contributed by atoms with Gasteiger partial charge >= 0.3 is 0 Å². The van der Waals surface area contributed by atoms with E-state index in [0.29, 0.717) is 34.8 Å². The zero-order chi connectivity index (χ0) is 21.1. The minimum absolute atomic E-state index is 0.291. The zero-order valence-corrected chi connectivity index (χ0v) is 16.8. The van der Waals surface area contributed by atoms with Crippen molar-refractivity contribution in [3.05, 3.63) is 100 Å². The number of hydrogen-bond acceptors (Lipinski definition) is 3. The van der Waals surface area contributed by atoms with E-state index in [1.54, 1.807) is 53.4 Å². The molecule has 5 nitrogen and oxygen atoms in total. The van der Waals surface area contributed by atoms with Crippen molar-refractivity contribution in [1.29, 1.82) is 5.26 Å². The molecule has 6 heteroatoms. The van der Waals surface area contributed by atoms with Crippen molar-refractivity contribution in [3.8, 4) is 6.07 Å². The molecule has 1 aliphatic heterocycles. The summed E-state index contributed by atoms with van der Waals surface area (Å²) < 4.78 is 0. The maximum absolute atomic E-state index is 13.3. The van der Waals surface area contributed by atoms with Crippen molar-refractivity contribution in [2.75, 3.05) is 5.32 Å². The van der Waals surface area contributed by atoms with Gasteiger partial charge in [0.05, 0.1) is 22.2 Å². The number of fused-ring (bicyclic) bond motifs is 1. The topological polar surface area (TPSA) is 73.2 Å². The molecule has 1 atom stereocenters. The van der Waals surface area contributed by atoms with Crippen molar-refractivity contribution >= 4 is 29.1 Å². The largest absolute Gasteiger partial charge is 0.324 e. The van der Waals surface area contributed by atoms with Crippen molar-refractivity contribution in [3.63, 3.8) is 0 Å². The molecule has 0 bridgehead atoms. The summed E-state index contributed by atoms with van der Waals surface area (Å²) in [6.07, 6.45) is 0.399. The zero-order valence-electron chi connectivity index (χ0n) is 16.0. The second-order valence-electron chi connectivity index (χ2n) is 7.08. The number of nitrogens with one attached hydrogen (secondary N) is 1. The van der Waals surface area contributed by atoms with Crippen LogP contribution in [0.1, 0.15) is 27.0 Å². The van der Waals surface area contributed by atoms with Crippen LogP contribution >= 0.6 is 11.6 Å². The molecule has 3 aromatic rings. The lowest BCUT2D eigenvalue weighted by Gasteiger charge is -2.36. The maximum atomic E-state index is 13.3. The van der Waals surface area contributed by atoms with E-state index in [-0.39, 0.29) is 11.8 Å². The smallest absolute Gasteiger partial charge is 0.256 e. The van der Waals surface area contributed by atoms with Gasteiger partial charge in [-0.15, -0.1) is 0 Å². The molecule has 1 heterocycles. The van der Waals surface area contributed by atoms with Gasteiger partial charge in [0.25, 0.3) is 5.91 Å². The Bertz CT molecular complexity index is 1170. The van der Waals surface area contributed by atoms with Gasteiger partial charge in [0, 0.05) is 18.7 Å². The fourth-order valence-electron chi connectivity index (χ4n) is 3.65. The summed E-state index contributed by atoms with van der Waals surface area (Å²) in [5.74, 6) is -0.596. The average molecular weight is 416 g/mol. The minimum Gasteiger partial charge on any atom is -0.324 e. The van der Waals surface area contributed by atoms with Crippen LogP contribution in [0.5, 0.6) is 0 Å². The summed E-state index contributed by atoms with van der Waals surface area (Å²) in [4.78, 5) is 28.1. The van der Waals surface area contributed by atoms with Gasteiger partial charge in [-0.1, -0.05) is 54.1 Å². The van der Waals surface area contributed by atoms with Crippen LogP contribution < -0.4 is 5.32 Å². The molecule has 0 spiro atoms. The van der Waals surface area contributed by atoms with Crippen LogP contribution in [0.25, 0.3) is 0 Å². The monoisotopic (exact) mass is 415 g/mol. The number of hydrogen-bond donors (Lipinski definition) is 1. The first-order valence-corrected chi connectivity index (χ1v) is 9.88. The molecule has 0 aliphatic carbocycles. The summed E-state index contributed by atoms with van der Waals surface area (Å²) in [5, 5.41) is 12.3. The fourth-order valence-corrected chi connectivity index (χ4v) is 3.87. The second-order valence-corrected chi connectivity index (χ2v) is 7.49. The summed E-state index contributed by atoms with van der Waals surface area (Å²) in [6, 6.07) is 22.7. The number of carbonyl (C=O) groups excluding carboxylic acids is 2. The lowest BCUT2D eigenvalue weighted by atomic mass is 9.92. The van der Waals surface area contributed by atoms with E-state index < -0.39 is 6.04 Å². The van der Waals surface area contributed by atoms with Crippen molar-refractivity contribution in [2.45, 2.75) is 19.0 Å². The molecule has 1 N–H and O–H groups in total. The van der Waals surface area contributed by atoms with Crippen LogP contribution in [0.3, 0.4) is 0 Å². The predicted molar refractivity (Wildman–Crippen MR) is 115 cm³/mol. The van der Waals surface area contributed by atoms with Gasteiger partial charge in [-0.3, -0.25) is 9.59 Å². The molecule has 30 heavy (non-hydrogen) atoms. The maximum Gasteiger partial charge on any atom is 0.256 e. The molecule has 0 saturated carbocycles. The standard InChI is InChI=1S/C24H18ClN3O2/c25-21-11-4-3-10-20(21)24(30)28-15-18-8-2-1-7-17(18)13-22(28)23(29)27-19-9-5-6-16(12-19)14-26/h1-12,22H,13,15H2,(H,27,29). The normalized spacial score (nSPS) is 15.1. The SMILES string of the molecule is N#Cc1cccc(NC(=O)C2Cc3ccccc3CN2C(=O)c2ccccc2Cl)c1. The molecule has 1 unspecified atom stereocenters. The van der Waals surface area contributed by atoms with Gasteiger partial charge in [0.1, 0.15) is 6.04 Å². The van der Waals surface area contributed by atoms with Gasteiger partial charge < -0.3 is 10.2 Å². The molecule has 0 aromatic heterocycles. The summed E-state index contributed by atoms with van der Waals surface area (Å²) in [6.45, 7) is 0.316. The number of carbonyl (C=O) groups is 2. The van der Waals surface area contributed by atoms with Gasteiger partial charge in [0.2, 0.25) is 5.91 Å². The molecule has 4 rings (SSSR count). The van der Waals surface area contributed by atoms with Crippen LogP contribution in [0, 0.1) is 11.3 Å². The number of nitriles is 1. The summed E-state index contributed by atoms with van der Waals surface area (Å²) in [7, 11) is 0. The number of anilines is 1. The van der Waals surface area contributed by atoms with Gasteiger partial charge in [-0.25, -0.2) is 0 Å². The van der Waals surface area contributed by atoms with E-state index in [2.05, 4.69) is 11.4 Å². The van der Waals surface area contributed by atoms with Crippen LogP contribution in [-0.4, -0.2) is 22.8 Å². The van der Waals surface area contributed by atoms with Crippen LogP contribution in [0.15, 0.2) is 72.8 Å². The highest BCUT2D eigenvalue weighted by atomic mass is 35.5.